The van der Waals surface area contributed by atoms with E-state index in [1.54, 1.807) is 36.2 Å². The van der Waals surface area contributed by atoms with Gasteiger partial charge < -0.3 is 19.5 Å². The molecule has 0 aromatic heterocycles. The number of hydrogen-bond donors (Lipinski definition) is 1. The summed E-state index contributed by atoms with van der Waals surface area (Å²) in [6, 6.07) is 16.2. The van der Waals surface area contributed by atoms with E-state index >= 15 is 0 Å². The molecule has 1 amide bonds. The van der Waals surface area contributed by atoms with Crippen LogP contribution in [0, 0.1) is 0 Å². The Morgan fingerprint density at radius 2 is 1.87 bits per heavy atom. The van der Waals surface area contributed by atoms with Crippen LogP contribution in [0.25, 0.3) is 0 Å². The van der Waals surface area contributed by atoms with Gasteiger partial charge in [0.1, 0.15) is 12.7 Å². The van der Waals surface area contributed by atoms with E-state index in [4.69, 9.17) is 9.47 Å². The molecule has 0 bridgehead atoms. The number of benzene rings is 2. The lowest BCUT2D eigenvalue weighted by Gasteiger charge is -2.37. The Morgan fingerprint density at radius 1 is 1.17 bits per heavy atom. The van der Waals surface area contributed by atoms with Crippen LogP contribution in [-0.4, -0.2) is 42.2 Å². The average molecular weight is 313 g/mol. The number of ether oxygens (including phenoxy) is 2. The molecule has 1 aliphatic rings. The molecule has 0 radical (unpaired) electrons. The van der Waals surface area contributed by atoms with Gasteiger partial charge in [0, 0.05) is 7.05 Å². The number of phenols is 1. The van der Waals surface area contributed by atoms with Crippen molar-refractivity contribution in [3.8, 4) is 11.5 Å². The van der Waals surface area contributed by atoms with Crippen molar-refractivity contribution in [2.24, 2.45) is 0 Å². The zero-order valence-electron chi connectivity index (χ0n) is 12.9. The number of para-hydroxylation sites is 2. The topological polar surface area (TPSA) is 59.0 Å². The number of nitrogens with zero attached hydrogens (tertiary/aromatic N) is 1. The van der Waals surface area contributed by atoms with Crippen molar-refractivity contribution >= 4 is 5.91 Å². The molecule has 1 aliphatic heterocycles. The highest BCUT2D eigenvalue weighted by atomic mass is 16.5. The number of hydrogen-bond acceptors (Lipinski definition) is 4. The van der Waals surface area contributed by atoms with Crippen molar-refractivity contribution in [1.29, 1.82) is 0 Å². The summed E-state index contributed by atoms with van der Waals surface area (Å²) in [4.78, 5) is 13.6. The summed E-state index contributed by atoms with van der Waals surface area (Å²) >= 11 is 0. The SMILES string of the molecule is CN1C(=O)COCC1C(Oc1ccccc1O)c1ccccc1. The molecule has 23 heavy (non-hydrogen) atoms. The first kappa shape index (κ1) is 15.4. The van der Waals surface area contributed by atoms with Crippen LogP contribution in [0.3, 0.4) is 0 Å². The van der Waals surface area contributed by atoms with Gasteiger partial charge in [0.25, 0.3) is 0 Å². The maximum Gasteiger partial charge on any atom is 0.248 e. The van der Waals surface area contributed by atoms with E-state index in [0.29, 0.717) is 12.4 Å². The van der Waals surface area contributed by atoms with Crippen LogP contribution in [0.5, 0.6) is 11.5 Å². The minimum atomic E-state index is -0.432. The van der Waals surface area contributed by atoms with Gasteiger partial charge in [-0.3, -0.25) is 4.79 Å². The third-order valence-corrected chi connectivity index (χ3v) is 4.00. The van der Waals surface area contributed by atoms with Crippen LogP contribution in [0.1, 0.15) is 11.7 Å². The molecule has 1 fully saturated rings. The first-order chi connectivity index (χ1) is 11.2. The predicted octanol–water partition coefficient (Wildman–Crippen LogP) is 2.37. The van der Waals surface area contributed by atoms with Crippen molar-refractivity contribution in [3.63, 3.8) is 0 Å². The molecular formula is C18H19NO4. The van der Waals surface area contributed by atoms with Crippen LogP contribution in [0.4, 0.5) is 0 Å². The molecule has 0 saturated carbocycles. The first-order valence-electron chi connectivity index (χ1n) is 7.50. The number of phenolic OH excluding ortho intramolecular Hbond substituents is 1. The molecule has 0 aliphatic carbocycles. The molecule has 2 aromatic carbocycles. The van der Waals surface area contributed by atoms with Gasteiger partial charge in [0.2, 0.25) is 5.91 Å². The molecule has 1 heterocycles. The summed E-state index contributed by atoms with van der Waals surface area (Å²) in [5.41, 5.74) is 0.922. The minimum absolute atomic E-state index is 0.0686. The zero-order valence-corrected chi connectivity index (χ0v) is 12.9. The lowest BCUT2D eigenvalue weighted by molar-refractivity contribution is -0.150. The molecule has 2 atom stereocenters. The predicted molar refractivity (Wildman–Crippen MR) is 85.3 cm³/mol. The summed E-state index contributed by atoms with van der Waals surface area (Å²) in [6.07, 6.45) is -0.432. The number of carbonyl (C=O) groups is 1. The van der Waals surface area contributed by atoms with Gasteiger partial charge in [-0.1, -0.05) is 42.5 Å². The Kier molecular flexibility index (Phi) is 4.48. The highest BCUT2D eigenvalue weighted by molar-refractivity contribution is 5.78. The maximum atomic E-state index is 12.0. The number of morpholine rings is 1. The van der Waals surface area contributed by atoms with Gasteiger partial charge in [-0.15, -0.1) is 0 Å². The second-order valence-electron chi connectivity index (χ2n) is 5.50. The van der Waals surface area contributed by atoms with E-state index in [9.17, 15) is 9.90 Å². The summed E-state index contributed by atoms with van der Waals surface area (Å²) in [5.74, 6) is 0.370. The molecule has 3 rings (SSSR count). The summed E-state index contributed by atoms with van der Waals surface area (Å²) in [5, 5.41) is 9.99. The van der Waals surface area contributed by atoms with Crippen molar-refractivity contribution in [3.05, 3.63) is 60.2 Å². The van der Waals surface area contributed by atoms with Crippen molar-refractivity contribution in [2.75, 3.05) is 20.3 Å². The van der Waals surface area contributed by atoms with E-state index in [0.717, 1.165) is 5.56 Å². The largest absolute Gasteiger partial charge is 0.504 e. The van der Waals surface area contributed by atoms with Gasteiger partial charge >= 0.3 is 0 Å². The van der Waals surface area contributed by atoms with Crippen LogP contribution in [0.2, 0.25) is 0 Å². The molecule has 2 unspecified atom stereocenters. The molecule has 1 saturated heterocycles. The third-order valence-electron chi connectivity index (χ3n) is 4.00. The van der Waals surface area contributed by atoms with Crippen molar-refractivity contribution < 1.29 is 19.4 Å². The second-order valence-corrected chi connectivity index (χ2v) is 5.50. The monoisotopic (exact) mass is 313 g/mol. The van der Waals surface area contributed by atoms with Gasteiger partial charge in [0.05, 0.1) is 12.6 Å². The molecular weight excluding hydrogens is 294 g/mol. The Hall–Kier alpha value is -2.53. The normalized spacial score (nSPS) is 19.4. The fourth-order valence-corrected chi connectivity index (χ4v) is 2.66. The molecule has 5 nitrogen and oxygen atoms in total. The van der Waals surface area contributed by atoms with Crippen molar-refractivity contribution in [1.82, 2.24) is 4.90 Å². The highest BCUT2D eigenvalue weighted by Crippen LogP contribution is 2.33. The van der Waals surface area contributed by atoms with Gasteiger partial charge in [-0.05, 0) is 17.7 Å². The molecule has 2 aromatic rings. The highest BCUT2D eigenvalue weighted by Gasteiger charge is 2.35. The van der Waals surface area contributed by atoms with Gasteiger partial charge in [-0.25, -0.2) is 0 Å². The quantitative estimate of drug-likeness (QED) is 0.941. The fourth-order valence-electron chi connectivity index (χ4n) is 2.66. The number of aromatic hydroxyl groups is 1. The average Bonchev–Trinajstić information content (AvgIpc) is 2.58. The maximum absolute atomic E-state index is 12.0. The Morgan fingerprint density at radius 3 is 2.61 bits per heavy atom. The van der Waals surface area contributed by atoms with Crippen LogP contribution in [-0.2, 0) is 9.53 Å². The van der Waals surface area contributed by atoms with E-state index in [1.165, 1.54) is 0 Å². The Balaban J connectivity index is 1.94. The number of likely N-dealkylation sites (N-methyl/N-ethyl adjacent to an activating group) is 1. The first-order valence-corrected chi connectivity index (χ1v) is 7.50. The lowest BCUT2D eigenvalue weighted by atomic mass is 10.0. The number of carbonyl (C=O) groups excluding carboxylic acids is 1. The summed E-state index contributed by atoms with van der Waals surface area (Å²) in [6.45, 7) is 0.473. The van der Waals surface area contributed by atoms with Crippen molar-refractivity contribution in [2.45, 2.75) is 12.1 Å². The summed E-state index contributed by atoms with van der Waals surface area (Å²) in [7, 11) is 1.75. The van der Waals surface area contributed by atoms with Crippen LogP contribution < -0.4 is 4.74 Å². The Labute approximate surface area is 135 Å². The molecule has 1 N–H and O–H groups in total. The molecule has 5 heteroatoms. The number of amides is 1. The minimum Gasteiger partial charge on any atom is -0.504 e. The molecule has 120 valence electrons. The van der Waals surface area contributed by atoms with E-state index in [1.807, 2.05) is 30.3 Å². The standard InChI is InChI=1S/C18H19NO4/c1-19-14(11-22-12-17(19)21)18(13-7-3-2-4-8-13)23-16-10-6-5-9-15(16)20/h2-10,14,18,20H,11-12H2,1H3. The smallest absolute Gasteiger partial charge is 0.248 e. The van der Waals surface area contributed by atoms with E-state index in [-0.39, 0.29) is 24.3 Å². The summed E-state index contributed by atoms with van der Waals surface area (Å²) < 4.78 is 11.5. The Bertz CT molecular complexity index is 674. The fraction of sp³-hybridized carbons (Fsp3) is 0.278. The van der Waals surface area contributed by atoms with Crippen LogP contribution >= 0.6 is 0 Å². The van der Waals surface area contributed by atoms with E-state index < -0.39 is 6.10 Å². The zero-order chi connectivity index (χ0) is 16.2. The van der Waals surface area contributed by atoms with Gasteiger partial charge in [-0.2, -0.15) is 0 Å². The lowest BCUT2D eigenvalue weighted by Crippen LogP contribution is -2.51. The third kappa shape index (κ3) is 3.29. The number of rotatable bonds is 4. The van der Waals surface area contributed by atoms with E-state index in [2.05, 4.69) is 0 Å². The molecule has 0 spiro atoms. The van der Waals surface area contributed by atoms with Crippen LogP contribution in [0.15, 0.2) is 54.6 Å². The van der Waals surface area contributed by atoms with Gasteiger partial charge in [0.15, 0.2) is 11.5 Å². The second kappa shape index (κ2) is 6.71.